The van der Waals surface area contributed by atoms with E-state index in [1.807, 2.05) is 19.9 Å². The van der Waals surface area contributed by atoms with Gasteiger partial charge in [0.1, 0.15) is 0 Å². The molecule has 2 N–H and O–H groups in total. The van der Waals surface area contributed by atoms with Gasteiger partial charge in [0, 0.05) is 23.2 Å². The summed E-state index contributed by atoms with van der Waals surface area (Å²) in [5, 5.41) is 16.6. The van der Waals surface area contributed by atoms with E-state index in [1.54, 1.807) is 24.3 Å². The first kappa shape index (κ1) is 15.5. The molecule has 6 heteroatoms. The minimum Gasteiger partial charge on any atom is -0.391 e. The molecule has 21 heavy (non-hydrogen) atoms. The van der Waals surface area contributed by atoms with Crippen molar-refractivity contribution in [3.05, 3.63) is 41.0 Å². The third kappa shape index (κ3) is 4.06. The SMILES string of the molecule is CC(C)C(O)CNC(=O)c1cc(-c2cccc(Cl)c2)on1. The first-order valence-electron chi connectivity index (χ1n) is 6.66. The highest BCUT2D eigenvalue weighted by atomic mass is 35.5. The minimum atomic E-state index is -0.590. The summed E-state index contributed by atoms with van der Waals surface area (Å²) in [5.41, 5.74) is 0.914. The van der Waals surface area contributed by atoms with E-state index in [-0.39, 0.29) is 24.1 Å². The zero-order valence-electron chi connectivity index (χ0n) is 11.8. The minimum absolute atomic E-state index is 0.0737. The molecular formula is C15H17ClN2O3. The van der Waals surface area contributed by atoms with Crippen LogP contribution in [0, 0.1) is 5.92 Å². The summed E-state index contributed by atoms with van der Waals surface area (Å²) >= 11 is 5.91. The molecule has 0 aliphatic carbocycles. The van der Waals surface area contributed by atoms with Crippen molar-refractivity contribution in [2.45, 2.75) is 20.0 Å². The number of halogens is 1. The number of hydrogen-bond acceptors (Lipinski definition) is 4. The van der Waals surface area contributed by atoms with Crippen LogP contribution in [0.4, 0.5) is 0 Å². The van der Waals surface area contributed by atoms with Gasteiger partial charge in [0.05, 0.1) is 6.10 Å². The predicted molar refractivity (Wildman–Crippen MR) is 80.1 cm³/mol. The molecule has 0 fully saturated rings. The average Bonchev–Trinajstić information content (AvgIpc) is 2.94. The van der Waals surface area contributed by atoms with Gasteiger partial charge in [0.2, 0.25) is 0 Å². The number of aliphatic hydroxyl groups excluding tert-OH is 1. The maximum Gasteiger partial charge on any atom is 0.273 e. The van der Waals surface area contributed by atoms with Crippen LogP contribution in [-0.4, -0.2) is 28.8 Å². The van der Waals surface area contributed by atoms with E-state index >= 15 is 0 Å². The molecule has 1 atom stereocenters. The van der Waals surface area contributed by atoms with Crippen LogP contribution < -0.4 is 5.32 Å². The molecule has 1 amide bonds. The largest absolute Gasteiger partial charge is 0.391 e. The number of aromatic nitrogens is 1. The van der Waals surface area contributed by atoms with Gasteiger partial charge in [0.15, 0.2) is 11.5 Å². The monoisotopic (exact) mass is 308 g/mol. The fourth-order valence-electron chi connectivity index (χ4n) is 1.68. The lowest BCUT2D eigenvalue weighted by atomic mass is 10.1. The summed E-state index contributed by atoms with van der Waals surface area (Å²) in [6, 6.07) is 8.63. The van der Waals surface area contributed by atoms with Crippen molar-refractivity contribution in [3.63, 3.8) is 0 Å². The average molecular weight is 309 g/mol. The van der Waals surface area contributed by atoms with Crippen LogP contribution in [-0.2, 0) is 0 Å². The molecule has 0 bridgehead atoms. The number of carbonyl (C=O) groups excluding carboxylic acids is 1. The molecule has 0 aliphatic rings. The van der Waals surface area contributed by atoms with Crippen LogP contribution in [0.3, 0.4) is 0 Å². The third-order valence-electron chi connectivity index (χ3n) is 3.09. The Labute approximate surface area is 127 Å². The van der Waals surface area contributed by atoms with E-state index in [4.69, 9.17) is 16.1 Å². The van der Waals surface area contributed by atoms with Crippen molar-refractivity contribution in [2.75, 3.05) is 6.54 Å². The van der Waals surface area contributed by atoms with E-state index in [9.17, 15) is 9.90 Å². The molecule has 0 aliphatic heterocycles. The first-order chi connectivity index (χ1) is 9.97. The molecule has 0 saturated heterocycles. The van der Waals surface area contributed by atoms with Crippen LogP contribution in [0.5, 0.6) is 0 Å². The van der Waals surface area contributed by atoms with Crippen LogP contribution in [0.2, 0.25) is 5.02 Å². The van der Waals surface area contributed by atoms with Gasteiger partial charge >= 0.3 is 0 Å². The van der Waals surface area contributed by atoms with Crippen LogP contribution >= 0.6 is 11.6 Å². The predicted octanol–water partition coefficient (Wildman–Crippen LogP) is 2.74. The summed E-state index contributed by atoms with van der Waals surface area (Å²) in [6.07, 6.45) is -0.590. The summed E-state index contributed by atoms with van der Waals surface area (Å²) in [4.78, 5) is 11.9. The molecule has 1 heterocycles. The summed E-state index contributed by atoms with van der Waals surface area (Å²) in [7, 11) is 0. The normalized spacial score (nSPS) is 12.4. The van der Waals surface area contributed by atoms with Gasteiger partial charge in [-0.3, -0.25) is 4.79 Å². The molecule has 0 saturated carbocycles. The molecule has 112 valence electrons. The number of nitrogens with one attached hydrogen (secondary N) is 1. The number of carbonyl (C=O) groups is 1. The van der Waals surface area contributed by atoms with E-state index in [2.05, 4.69) is 10.5 Å². The van der Waals surface area contributed by atoms with E-state index in [0.29, 0.717) is 10.8 Å². The summed E-state index contributed by atoms with van der Waals surface area (Å²) < 4.78 is 5.15. The van der Waals surface area contributed by atoms with Crippen molar-refractivity contribution in [1.29, 1.82) is 0 Å². The van der Waals surface area contributed by atoms with E-state index < -0.39 is 6.10 Å². The van der Waals surface area contributed by atoms with Crippen molar-refractivity contribution in [1.82, 2.24) is 10.5 Å². The van der Waals surface area contributed by atoms with E-state index in [0.717, 1.165) is 5.56 Å². The lowest BCUT2D eigenvalue weighted by Gasteiger charge is -2.14. The lowest BCUT2D eigenvalue weighted by molar-refractivity contribution is 0.0863. The molecule has 0 radical (unpaired) electrons. The molecular weight excluding hydrogens is 292 g/mol. The Morgan fingerprint density at radius 1 is 1.43 bits per heavy atom. The van der Waals surface area contributed by atoms with Crippen molar-refractivity contribution in [2.24, 2.45) is 5.92 Å². The third-order valence-corrected chi connectivity index (χ3v) is 3.33. The van der Waals surface area contributed by atoms with Gasteiger partial charge in [-0.25, -0.2) is 0 Å². The summed E-state index contributed by atoms with van der Waals surface area (Å²) in [6.45, 7) is 3.93. The van der Waals surface area contributed by atoms with Gasteiger partial charge in [0.25, 0.3) is 5.91 Å². The fourth-order valence-corrected chi connectivity index (χ4v) is 1.87. The Bertz CT molecular complexity index is 625. The van der Waals surface area contributed by atoms with E-state index in [1.165, 1.54) is 0 Å². The highest BCUT2D eigenvalue weighted by Gasteiger charge is 2.16. The van der Waals surface area contributed by atoms with Crippen LogP contribution in [0.25, 0.3) is 11.3 Å². The number of aliphatic hydroxyl groups is 1. The van der Waals surface area contributed by atoms with Crippen LogP contribution in [0.15, 0.2) is 34.9 Å². The Morgan fingerprint density at radius 3 is 2.86 bits per heavy atom. The molecule has 0 spiro atoms. The number of amides is 1. The van der Waals surface area contributed by atoms with Crippen LogP contribution in [0.1, 0.15) is 24.3 Å². The smallest absolute Gasteiger partial charge is 0.273 e. The molecule has 1 aromatic carbocycles. The molecule has 5 nitrogen and oxygen atoms in total. The standard InChI is InChI=1S/C15H17ClN2O3/c1-9(2)13(19)8-17-15(20)12-7-14(21-18-12)10-4-3-5-11(16)6-10/h3-7,9,13,19H,8H2,1-2H3,(H,17,20). The Kier molecular flexibility index (Phi) is 4.98. The van der Waals surface area contributed by atoms with Crippen molar-refractivity contribution in [3.8, 4) is 11.3 Å². The summed E-state index contributed by atoms with van der Waals surface area (Å²) in [5.74, 6) is 0.156. The Morgan fingerprint density at radius 2 is 2.19 bits per heavy atom. The molecule has 2 aromatic rings. The Balaban J connectivity index is 2.04. The molecule has 1 unspecified atom stereocenters. The van der Waals surface area contributed by atoms with Gasteiger partial charge < -0.3 is 14.9 Å². The maximum atomic E-state index is 11.9. The number of rotatable bonds is 5. The van der Waals surface area contributed by atoms with Gasteiger partial charge in [-0.2, -0.15) is 0 Å². The van der Waals surface area contributed by atoms with Gasteiger partial charge in [-0.05, 0) is 18.1 Å². The second-order valence-corrected chi connectivity index (χ2v) is 5.54. The fraction of sp³-hybridized carbons (Fsp3) is 0.333. The number of nitrogens with zero attached hydrogens (tertiary/aromatic N) is 1. The van der Waals surface area contributed by atoms with Crippen molar-refractivity contribution >= 4 is 17.5 Å². The lowest BCUT2D eigenvalue weighted by Crippen LogP contribution is -2.34. The zero-order valence-corrected chi connectivity index (χ0v) is 12.6. The number of benzene rings is 1. The highest BCUT2D eigenvalue weighted by molar-refractivity contribution is 6.30. The first-order valence-corrected chi connectivity index (χ1v) is 7.04. The Hall–Kier alpha value is -1.85. The molecule has 1 aromatic heterocycles. The topological polar surface area (TPSA) is 75.4 Å². The van der Waals surface area contributed by atoms with Gasteiger partial charge in [-0.1, -0.05) is 42.7 Å². The van der Waals surface area contributed by atoms with Gasteiger partial charge in [-0.15, -0.1) is 0 Å². The second-order valence-electron chi connectivity index (χ2n) is 5.11. The zero-order chi connectivity index (χ0) is 15.4. The number of hydrogen-bond donors (Lipinski definition) is 2. The molecule has 2 rings (SSSR count). The second kappa shape index (κ2) is 6.74. The highest BCUT2D eigenvalue weighted by Crippen LogP contribution is 2.23. The quantitative estimate of drug-likeness (QED) is 0.890. The maximum absolute atomic E-state index is 11.9. The van der Waals surface area contributed by atoms with Crippen molar-refractivity contribution < 1.29 is 14.4 Å².